The number of ether oxygens (including phenoxy) is 1. The van der Waals surface area contributed by atoms with Gasteiger partial charge in [-0.2, -0.15) is 18.2 Å². The fourth-order valence-corrected chi connectivity index (χ4v) is 13.6. The van der Waals surface area contributed by atoms with Gasteiger partial charge in [0, 0.05) is 52.5 Å². The minimum atomic E-state index is -2.68. The van der Waals surface area contributed by atoms with Crippen LogP contribution in [0.2, 0.25) is 0 Å². The van der Waals surface area contributed by atoms with Crippen molar-refractivity contribution in [2.75, 3.05) is 0 Å². The number of benzene rings is 9. The Kier molecular flexibility index (Phi) is 12.4. The molecule has 0 fully saturated rings. The molecule has 0 unspecified atom stereocenters. The van der Waals surface area contributed by atoms with Crippen molar-refractivity contribution < 1.29 is 38.6 Å². The average molecular weight is 1340 g/mol. The molecule has 9 aromatic carbocycles. The summed E-state index contributed by atoms with van der Waals surface area (Å²) in [6.45, 7) is 24.3. The topological polar surface area (TPSA) is 35.9 Å². The van der Waals surface area contributed by atoms with Crippen molar-refractivity contribution in [2.45, 2.75) is 144 Å². The van der Waals surface area contributed by atoms with E-state index in [4.69, 9.17) is 17.9 Å². The second kappa shape index (κ2) is 21.0. The first-order valence-electron chi connectivity index (χ1n) is 33.6. The Balaban J connectivity index is 0.00000803. The Labute approximate surface area is 543 Å². The number of imidazole rings is 1. The Morgan fingerprint density at radius 2 is 1.12 bits per heavy atom. The maximum Gasteiger partial charge on any atom is 0.268 e. The summed E-state index contributed by atoms with van der Waals surface area (Å²) in [5.74, 6) is 1.67. The van der Waals surface area contributed by atoms with Gasteiger partial charge in [-0.05, 0) is 190 Å². The van der Waals surface area contributed by atoms with E-state index in [1.165, 1.54) is 22.3 Å². The normalized spacial score (nSPS) is 15.6. The molecule has 14 rings (SSSR count). The number of pyridine rings is 1. The molecule has 0 atom stereocenters. The maximum absolute atomic E-state index is 9.02. The summed E-state index contributed by atoms with van der Waals surface area (Å²) in [5.41, 5.74) is 18.5. The van der Waals surface area contributed by atoms with Gasteiger partial charge in [0.15, 0.2) is 0 Å². The standard InChI is InChI=1S/C82H78N4O.Pt/c1-50-22-20-23-51(2)75(50)53-40-67-61-27-17-16-26-60(61)65-47-69-70(82(14,15)38-37-81(69,12)13)48-66(65)68-43-56(80(9,10)11)42-64(52-30-32-54(33-31-52)78(3,4)5)76(68)85-49-84(73(41-53)77(67)85)57-24-21-25-58(45-57)87-59-34-35-63-62-28-18-19-29-71(62)86(72(63)46-59)74-44-55(36-39-83-74)79(6,7)8;/h16-36,39-44,47-48H,37-38H2,1-15H3;/q-2;/i1D3,2D3;. The summed E-state index contributed by atoms with van der Waals surface area (Å²) in [6, 6.07) is 65.6. The molecule has 88 heavy (non-hydrogen) atoms. The number of hydrogen-bond acceptors (Lipinski definition) is 2. The summed E-state index contributed by atoms with van der Waals surface area (Å²) in [7, 11) is 0. The van der Waals surface area contributed by atoms with Crippen LogP contribution in [0.3, 0.4) is 0 Å². The first kappa shape index (κ1) is 51.9. The zero-order valence-electron chi connectivity index (χ0n) is 58.7. The van der Waals surface area contributed by atoms with Gasteiger partial charge in [0.25, 0.3) is 6.33 Å². The van der Waals surface area contributed by atoms with Crippen molar-refractivity contribution in [1.29, 1.82) is 0 Å². The van der Waals surface area contributed by atoms with Gasteiger partial charge in [-0.1, -0.05) is 205 Å². The van der Waals surface area contributed by atoms with E-state index in [-0.39, 0.29) is 64.8 Å². The molecule has 0 saturated carbocycles. The van der Waals surface area contributed by atoms with Gasteiger partial charge in [0.1, 0.15) is 5.82 Å². The quantitative estimate of drug-likeness (QED) is 0.123. The van der Waals surface area contributed by atoms with Gasteiger partial charge in [-0.3, -0.25) is 4.57 Å². The van der Waals surface area contributed by atoms with Crippen LogP contribution in [0.4, 0.5) is 0 Å². The molecule has 6 heteroatoms. The van der Waals surface area contributed by atoms with Crippen LogP contribution in [0.1, 0.15) is 150 Å². The van der Waals surface area contributed by atoms with Crippen LogP contribution in [0.25, 0.3) is 106 Å². The second-order valence-electron chi connectivity index (χ2n) is 28.7. The fraction of sp³-hybridized carbons (Fsp3) is 0.268. The third-order valence-corrected chi connectivity index (χ3v) is 18.8. The largest absolute Gasteiger partial charge is 0.510 e. The van der Waals surface area contributed by atoms with E-state index in [9.17, 15) is 0 Å². The zero-order chi connectivity index (χ0) is 65.9. The summed E-state index contributed by atoms with van der Waals surface area (Å²) in [4.78, 5) is 4.92. The number of rotatable bonds is 6. The number of aromatic nitrogens is 4. The van der Waals surface area contributed by atoms with Crippen LogP contribution >= 0.6 is 0 Å². The number of fused-ring (bicyclic) bond motifs is 11. The van der Waals surface area contributed by atoms with E-state index in [2.05, 4.69) is 227 Å². The van der Waals surface area contributed by atoms with Gasteiger partial charge in [-0.15, -0.1) is 29.7 Å². The van der Waals surface area contributed by atoms with Gasteiger partial charge in [0.2, 0.25) is 0 Å². The minimum Gasteiger partial charge on any atom is -0.510 e. The first-order chi connectivity index (χ1) is 43.7. The smallest absolute Gasteiger partial charge is 0.268 e. The number of nitrogens with zero attached hydrogens (tertiary/aromatic N) is 4. The van der Waals surface area contributed by atoms with Crippen molar-refractivity contribution in [2.24, 2.45) is 0 Å². The van der Waals surface area contributed by atoms with Gasteiger partial charge in [0.05, 0.1) is 16.7 Å². The third kappa shape index (κ3) is 9.88. The molecule has 5 nitrogen and oxygen atoms in total. The molecule has 4 heterocycles. The first-order valence-corrected chi connectivity index (χ1v) is 30.6. The molecular weight excluding hydrogens is 1250 g/mol. The van der Waals surface area contributed by atoms with Gasteiger partial charge < -0.3 is 13.9 Å². The van der Waals surface area contributed by atoms with Gasteiger partial charge in [-0.25, -0.2) is 4.98 Å². The maximum atomic E-state index is 9.02. The molecule has 0 amide bonds. The molecule has 1 aliphatic heterocycles. The minimum absolute atomic E-state index is 0. The average Bonchev–Trinajstić information content (AvgIpc) is 1.49. The predicted molar refractivity (Wildman–Crippen MR) is 362 cm³/mol. The molecule has 0 saturated heterocycles. The molecule has 1 aliphatic carbocycles. The van der Waals surface area contributed by atoms with Crippen molar-refractivity contribution in [3.05, 3.63) is 233 Å². The van der Waals surface area contributed by atoms with Crippen molar-refractivity contribution in [3.63, 3.8) is 0 Å². The van der Waals surface area contributed by atoms with E-state index in [1.807, 2.05) is 53.2 Å². The van der Waals surface area contributed by atoms with Crippen molar-refractivity contribution >= 4 is 32.8 Å². The van der Waals surface area contributed by atoms with Crippen LogP contribution in [-0.2, 0) is 48.1 Å². The van der Waals surface area contributed by atoms with Crippen LogP contribution in [0.5, 0.6) is 11.5 Å². The van der Waals surface area contributed by atoms with E-state index >= 15 is 0 Å². The Bertz CT molecular complexity index is 5010. The summed E-state index contributed by atoms with van der Waals surface area (Å²) >= 11 is 0. The monoisotopic (exact) mass is 1340 g/mol. The van der Waals surface area contributed by atoms with Crippen molar-refractivity contribution in [1.82, 2.24) is 14.1 Å². The fourth-order valence-electron chi connectivity index (χ4n) is 13.6. The van der Waals surface area contributed by atoms with E-state index in [1.54, 1.807) is 18.2 Å². The molecule has 3 aromatic heterocycles. The Hall–Kier alpha value is -8.11. The molecule has 444 valence electrons. The Morgan fingerprint density at radius 3 is 1.80 bits per heavy atom. The molecule has 0 radical (unpaired) electrons. The molecule has 0 bridgehead atoms. The summed E-state index contributed by atoms with van der Waals surface area (Å²) in [6.07, 6.45) is 7.93. The van der Waals surface area contributed by atoms with E-state index in [0.717, 1.165) is 102 Å². The molecule has 0 spiro atoms. The molecule has 12 aromatic rings. The SMILES string of the molecule is [2H]C([2H])([2H])c1cccc(C([2H])([2H])[2H])c1-c1cc2c3c(c1)n(-c1[c-]c(Oc4[c-]c5c(cc4)c4ccccc4n5-c4cc(C(C)(C)C)ccn4)ccc1)[c-][n+]3-c1c(-c3ccc(C(C)(C)C)cc3)cc(C(C)(C)C)cc1-c1cc3c(cc1-c1ccccc1-2)C(C)(C)CCC3(C)C.[Pt]. The molecule has 2 aliphatic rings. The number of hydrogen-bond donors (Lipinski definition) is 0. The zero-order valence-corrected chi connectivity index (χ0v) is 54.9. The summed E-state index contributed by atoms with van der Waals surface area (Å²) in [5, 5.41) is 2.08. The van der Waals surface area contributed by atoms with Crippen LogP contribution in [-0.4, -0.2) is 14.1 Å². The number of para-hydroxylation sites is 1. The molecule has 0 N–H and O–H groups in total. The van der Waals surface area contributed by atoms with Crippen LogP contribution in [0.15, 0.2) is 176 Å². The predicted octanol–water partition coefficient (Wildman–Crippen LogP) is 21.1. The van der Waals surface area contributed by atoms with Gasteiger partial charge >= 0.3 is 0 Å². The van der Waals surface area contributed by atoms with E-state index in [0.29, 0.717) is 28.3 Å². The third-order valence-electron chi connectivity index (χ3n) is 18.8. The van der Waals surface area contributed by atoms with Crippen LogP contribution < -0.4 is 9.30 Å². The van der Waals surface area contributed by atoms with Crippen LogP contribution in [0, 0.1) is 32.2 Å². The Morgan fingerprint density at radius 1 is 0.511 bits per heavy atom. The molecular formula is C82H78N4OPt-2. The second-order valence-corrected chi connectivity index (χ2v) is 28.7. The number of aryl methyl sites for hydroxylation is 2. The van der Waals surface area contributed by atoms with E-state index < -0.39 is 13.7 Å². The van der Waals surface area contributed by atoms with Crippen molar-refractivity contribution in [3.8, 4) is 84.3 Å². The summed E-state index contributed by atoms with van der Waals surface area (Å²) < 4.78 is 67.4.